The molecule has 0 aliphatic heterocycles. The molecule has 2 rings (SSSR count). The van der Waals surface area contributed by atoms with Crippen LogP contribution in [0, 0.1) is 20.2 Å². The minimum atomic E-state index is -0.667. The molecule has 106 valence electrons. The minimum absolute atomic E-state index is 0.292. The summed E-state index contributed by atoms with van der Waals surface area (Å²) >= 11 is 5.77. The van der Waals surface area contributed by atoms with Gasteiger partial charge in [-0.25, -0.2) is 0 Å². The molecule has 0 saturated carbocycles. The maximum Gasteiger partial charge on any atom is 0.283 e. The fourth-order valence-electron chi connectivity index (χ4n) is 1.70. The Morgan fingerprint density at radius 1 is 0.905 bits per heavy atom. The van der Waals surface area contributed by atoms with Gasteiger partial charge in [-0.3, -0.25) is 20.2 Å². The van der Waals surface area contributed by atoms with Crippen molar-refractivity contribution in [2.75, 3.05) is 0 Å². The second-order valence-electron chi connectivity index (χ2n) is 4.14. The summed E-state index contributed by atoms with van der Waals surface area (Å²) in [7, 11) is 0. The molecule has 0 fully saturated rings. The van der Waals surface area contributed by atoms with Crippen LogP contribution in [0.25, 0.3) is 12.2 Å². The summed E-state index contributed by atoms with van der Waals surface area (Å²) in [5, 5.41) is 22.2. The first-order valence-corrected chi connectivity index (χ1v) is 6.21. The first-order valence-electron chi connectivity index (χ1n) is 5.84. The van der Waals surface area contributed by atoms with Crippen molar-refractivity contribution in [3.05, 3.63) is 78.8 Å². The van der Waals surface area contributed by atoms with Crippen LogP contribution >= 0.6 is 11.6 Å². The van der Waals surface area contributed by atoms with Crippen LogP contribution in [0.3, 0.4) is 0 Å². The van der Waals surface area contributed by atoms with Gasteiger partial charge >= 0.3 is 0 Å². The van der Waals surface area contributed by atoms with E-state index in [4.69, 9.17) is 11.6 Å². The van der Waals surface area contributed by atoms with Gasteiger partial charge in [-0.05, 0) is 29.8 Å². The first-order chi connectivity index (χ1) is 9.97. The molecule has 7 heteroatoms. The van der Waals surface area contributed by atoms with Gasteiger partial charge in [0.2, 0.25) is 0 Å². The largest absolute Gasteiger partial charge is 0.283 e. The van der Waals surface area contributed by atoms with Gasteiger partial charge in [-0.1, -0.05) is 29.8 Å². The lowest BCUT2D eigenvalue weighted by molar-refractivity contribution is -0.394. The third kappa shape index (κ3) is 3.64. The van der Waals surface area contributed by atoms with Crippen molar-refractivity contribution in [3.8, 4) is 0 Å². The minimum Gasteiger partial charge on any atom is -0.258 e. The maximum atomic E-state index is 11.0. The molecule has 0 aliphatic carbocycles. The van der Waals surface area contributed by atoms with Crippen LogP contribution in [-0.2, 0) is 0 Å². The molecule has 21 heavy (non-hydrogen) atoms. The molecule has 0 amide bonds. The van der Waals surface area contributed by atoms with Crippen LogP contribution in [0.2, 0.25) is 5.02 Å². The topological polar surface area (TPSA) is 86.3 Å². The zero-order valence-electron chi connectivity index (χ0n) is 10.6. The van der Waals surface area contributed by atoms with Crippen LogP contribution in [0.15, 0.2) is 42.5 Å². The highest BCUT2D eigenvalue weighted by atomic mass is 35.5. The summed E-state index contributed by atoms with van der Waals surface area (Å²) < 4.78 is 0. The lowest BCUT2D eigenvalue weighted by Gasteiger charge is -1.98. The molecule has 6 nitrogen and oxygen atoms in total. The second kappa shape index (κ2) is 6.15. The first kappa shape index (κ1) is 14.7. The van der Waals surface area contributed by atoms with Gasteiger partial charge in [0, 0.05) is 11.1 Å². The molecule has 0 unspecified atom stereocenters. The number of benzene rings is 2. The lowest BCUT2D eigenvalue weighted by atomic mass is 10.1. The average molecular weight is 305 g/mol. The Morgan fingerprint density at radius 3 is 2.14 bits per heavy atom. The zero-order chi connectivity index (χ0) is 15.4. The molecule has 2 aromatic rings. The summed E-state index contributed by atoms with van der Waals surface area (Å²) in [6.07, 6.45) is 3.20. The monoisotopic (exact) mass is 304 g/mol. The third-order valence-corrected chi connectivity index (χ3v) is 3.00. The number of rotatable bonds is 4. The molecule has 0 N–H and O–H groups in total. The molecule has 0 aromatic heterocycles. The van der Waals surface area contributed by atoms with E-state index in [9.17, 15) is 20.2 Å². The van der Waals surface area contributed by atoms with E-state index in [1.165, 1.54) is 18.2 Å². The van der Waals surface area contributed by atoms with E-state index in [0.717, 1.165) is 11.6 Å². The van der Waals surface area contributed by atoms with Crippen LogP contribution in [0.4, 0.5) is 11.4 Å². The smallest absolute Gasteiger partial charge is 0.258 e. The highest BCUT2D eigenvalue weighted by Crippen LogP contribution is 2.26. The number of hydrogen-bond acceptors (Lipinski definition) is 4. The third-order valence-electron chi connectivity index (χ3n) is 2.75. The number of nitro benzene ring substituents is 2. The van der Waals surface area contributed by atoms with Gasteiger partial charge in [0.05, 0.1) is 21.5 Å². The average Bonchev–Trinajstić information content (AvgIpc) is 2.46. The molecule has 0 aliphatic rings. The highest BCUT2D eigenvalue weighted by Gasteiger charge is 2.17. The van der Waals surface area contributed by atoms with E-state index < -0.39 is 9.85 Å². The SMILES string of the molecule is O=[N+]([O-])c1ccc(/C=C/c2ccc(Cl)cc2)c([N+](=O)[O-])c1. The Hall–Kier alpha value is -2.73. The summed E-state index contributed by atoms with van der Waals surface area (Å²) in [5.74, 6) is 0. The van der Waals surface area contributed by atoms with E-state index in [1.807, 2.05) is 0 Å². The molecule has 0 bridgehead atoms. The Kier molecular flexibility index (Phi) is 4.30. The molecule has 2 aromatic carbocycles. The Bertz CT molecular complexity index is 726. The summed E-state index contributed by atoms with van der Waals surface area (Å²) in [4.78, 5) is 20.3. The number of nitro groups is 2. The van der Waals surface area contributed by atoms with Crippen LogP contribution in [0.1, 0.15) is 11.1 Å². The van der Waals surface area contributed by atoms with E-state index in [0.29, 0.717) is 10.6 Å². The van der Waals surface area contributed by atoms with Crippen molar-refractivity contribution < 1.29 is 9.85 Å². The quantitative estimate of drug-likeness (QED) is 0.478. The van der Waals surface area contributed by atoms with Crippen LogP contribution < -0.4 is 0 Å². The fraction of sp³-hybridized carbons (Fsp3) is 0. The molecule has 0 saturated heterocycles. The van der Waals surface area contributed by atoms with Crippen molar-refractivity contribution in [3.63, 3.8) is 0 Å². The molecule has 0 atom stereocenters. The fourth-order valence-corrected chi connectivity index (χ4v) is 1.83. The number of halogens is 1. The van der Waals surface area contributed by atoms with Crippen molar-refractivity contribution in [2.45, 2.75) is 0 Å². The molecule has 0 heterocycles. The van der Waals surface area contributed by atoms with Gasteiger partial charge < -0.3 is 0 Å². The van der Waals surface area contributed by atoms with E-state index in [2.05, 4.69) is 0 Å². The van der Waals surface area contributed by atoms with Gasteiger partial charge in [-0.2, -0.15) is 0 Å². The standard InChI is InChI=1S/C14H9ClN2O4/c15-12-6-2-10(3-7-12)1-4-11-5-8-13(16(18)19)9-14(11)17(20)21/h1-9H/b4-1+. The van der Waals surface area contributed by atoms with E-state index in [-0.39, 0.29) is 11.4 Å². The maximum absolute atomic E-state index is 11.0. The van der Waals surface area contributed by atoms with Gasteiger partial charge in [-0.15, -0.1) is 0 Å². The predicted octanol–water partition coefficient (Wildman–Crippen LogP) is 4.33. The van der Waals surface area contributed by atoms with Crippen LogP contribution in [0.5, 0.6) is 0 Å². The molecular weight excluding hydrogens is 296 g/mol. The summed E-state index contributed by atoms with van der Waals surface area (Å²) in [5.41, 5.74) is 0.479. The second-order valence-corrected chi connectivity index (χ2v) is 4.58. The summed E-state index contributed by atoms with van der Waals surface area (Å²) in [6.45, 7) is 0. The molecular formula is C14H9ClN2O4. The van der Waals surface area contributed by atoms with E-state index in [1.54, 1.807) is 30.3 Å². The van der Waals surface area contributed by atoms with E-state index >= 15 is 0 Å². The Labute approximate surface area is 124 Å². The number of hydrogen-bond donors (Lipinski definition) is 0. The highest BCUT2D eigenvalue weighted by molar-refractivity contribution is 6.30. The Morgan fingerprint density at radius 2 is 1.57 bits per heavy atom. The number of nitrogens with zero attached hydrogens (tertiary/aromatic N) is 2. The van der Waals surface area contributed by atoms with Crippen molar-refractivity contribution in [1.29, 1.82) is 0 Å². The van der Waals surface area contributed by atoms with Crippen molar-refractivity contribution in [2.24, 2.45) is 0 Å². The van der Waals surface area contributed by atoms with Gasteiger partial charge in [0.1, 0.15) is 0 Å². The Balaban J connectivity index is 2.37. The zero-order valence-corrected chi connectivity index (χ0v) is 11.4. The van der Waals surface area contributed by atoms with Crippen molar-refractivity contribution >= 4 is 35.1 Å². The number of non-ortho nitro benzene ring substituents is 1. The lowest BCUT2D eigenvalue weighted by Crippen LogP contribution is -1.94. The summed E-state index contributed by atoms with van der Waals surface area (Å²) in [6, 6.07) is 10.4. The van der Waals surface area contributed by atoms with Crippen molar-refractivity contribution in [1.82, 2.24) is 0 Å². The predicted molar refractivity (Wildman–Crippen MR) is 80.1 cm³/mol. The molecule has 0 radical (unpaired) electrons. The van der Waals surface area contributed by atoms with Crippen LogP contribution in [-0.4, -0.2) is 9.85 Å². The normalized spacial score (nSPS) is 10.7. The molecule has 0 spiro atoms. The van der Waals surface area contributed by atoms with Gasteiger partial charge in [0.25, 0.3) is 11.4 Å². The van der Waals surface area contributed by atoms with Gasteiger partial charge in [0.15, 0.2) is 0 Å².